The van der Waals surface area contributed by atoms with Gasteiger partial charge in [0.05, 0.1) is 12.2 Å². The van der Waals surface area contributed by atoms with Gasteiger partial charge in [-0.2, -0.15) is 0 Å². The number of hydrogen-bond donors (Lipinski definition) is 2. The van der Waals surface area contributed by atoms with Crippen LogP contribution >= 0.6 is 11.6 Å². The van der Waals surface area contributed by atoms with Gasteiger partial charge in [0.15, 0.2) is 5.75 Å². The van der Waals surface area contributed by atoms with E-state index in [0.29, 0.717) is 27.8 Å². The minimum atomic E-state index is -1.12. The zero-order chi connectivity index (χ0) is 14.3. The number of carboxylic acid groups (broad SMARTS) is 1. The summed E-state index contributed by atoms with van der Waals surface area (Å²) in [5.74, 6) is 0.970. The highest BCUT2D eigenvalue weighted by Crippen LogP contribution is 2.41. The Kier molecular flexibility index (Phi) is 2.91. The minimum Gasteiger partial charge on any atom is -0.508 e. The molecule has 0 atom stereocenters. The fourth-order valence-electron chi connectivity index (χ4n) is 2.12. The van der Waals surface area contributed by atoms with Gasteiger partial charge in [-0.05, 0) is 36.4 Å². The summed E-state index contributed by atoms with van der Waals surface area (Å²) in [4.78, 5) is 12.6. The van der Waals surface area contributed by atoms with Crippen LogP contribution in [-0.4, -0.2) is 16.3 Å². The molecule has 5 nitrogen and oxygen atoms in total. The van der Waals surface area contributed by atoms with Crippen molar-refractivity contribution in [3.8, 4) is 17.2 Å². The molecule has 20 heavy (non-hydrogen) atoms. The lowest BCUT2D eigenvalue weighted by Gasteiger charge is -2.18. The summed E-state index contributed by atoms with van der Waals surface area (Å²) in [6.07, 6.45) is -1.12. The van der Waals surface area contributed by atoms with Crippen LogP contribution in [-0.2, 0) is 6.54 Å². The molecular weight excluding hydrogens is 282 g/mol. The smallest absolute Gasteiger partial charge is 0.412 e. The molecule has 0 saturated heterocycles. The van der Waals surface area contributed by atoms with E-state index in [-0.39, 0.29) is 12.3 Å². The van der Waals surface area contributed by atoms with E-state index in [1.165, 1.54) is 18.2 Å². The number of phenolic OH excluding ortho intramolecular Hbond substituents is 1. The summed E-state index contributed by atoms with van der Waals surface area (Å²) >= 11 is 5.92. The summed E-state index contributed by atoms with van der Waals surface area (Å²) in [5, 5.41) is 19.3. The summed E-state index contributed by atoms with van der Waals surface area (Å²) < 4.78 is 5.72. The van der Waals surface area contributed by atoms with E-state index in [2.05, 4.69) is 0 Å². The monoisotopic (exact) mass is 291 g/mol. The highest BCUT2D eigenvalue weighted by Gasteiger charge is 2.25. The summed E-state index contributed by atoms with van der Waals surface area (Å²) in [6, 6.07) is 9.37. The Hall–Kier alpha value is -2.40. The second kappa shape index (κ2) is 4.61. The second-order valence-electron chi connectivity index (χ2n) is 4.37. The van der Waals surface area contributed by atoms with Crippen molar-refractivity contribution in [2.24, 2.45) is 0 Å². The van der Waals surface area contributed by atoms with Crippen molar-refractivity contribution in [3.05, 3.63) is 47.0 Å². The molecule has 0 unspecified atom stereocenters. The number of ether oxygens (including phenoxy) is 1. The van der Waals surface area contributed by atoms with E-state index in [1.807, 2.05) is 0 Å². The Balaban J connectivity index is 2.18. The Morgan fingerprint density at radius 2 is 1.95 bits per heavy atom. The van der Waals surface area contributed by atoms with Gasteiger partial charge >= 0.3 is 6.09 Å². The van der Waals surface area contributed by atoms with Crippen molar-refractivity contribution in [3.63, 3.8) is 0 Å². The zero-order valence-electron chi connectivity index (χ0n) is 10.2. The molecule has 0 fully saturated rings. The number of halogens is 1. The molecule has 6 heteroatoms. The van der Waals surface area contributed by atoms with Crippen molar-refractivity contribution in [1.29, 1.82) is 0 Å². The van der Waals surface area contributed by atoms with E-state index < -0.39 is 6.09 Å². The number of carbonyl (C=O) groups is 1. The average molecular weight is 292 g/mol. The fourth-order valence-corrected chi connectivity index (χ4v) is 2.29. The SMILES string of the molecule is O=C(O)N1Cc2cc(O)ccc2Oc2ccc(Cl)cc21. The molecular formula is C14H10ClNO4. The van der Waals surface area contributed by atoms with Crippen LogP contribution in [0, 0.1) is 0 Å². The third kappa shape index (κ3) is 2.12. The highest BCUT2D eigenvalue weighted by atomic mass is 35.5. The zero-order valence-corrected chi connectivity index (χ0v) is 11.0. The first-order chi connectivity index (χ1) is 9.54. The summed E-state index contributed by atoms with van der Waals surface area (Å²) in [5.41, 5.74) is 0.959. The van der Waals surface area contributed by atoms with Crippen molar-refractivity contribution in [2.45, 2.75) is 6.54 Å². The van der Waals surface area contributed by atoms with Gasteiger partial charge in [-0.25, -0.2) is 4.79 Å². The van der Waals surface area contributed by atoms with Crippen LogP contribution in [0.4, 0.5) is 10.5 Å². The van der Waals surface area contributed by atoms with Gasteiger partial charge in [0, 0.05) is 10.6 Å². The Morgan fingerprint density at radius 3 is 2.70 bits per heavy atom. The number of hydrogen-bond acceptors (Lipinski definition) is 3. The maximum Gasteiger partial charge on any atom is 0.412 e. The van der Waals surface area contributed by atoms with E-state index in [1.54, 1.807) is 18.2 Å². The highest BCUT2D eigenvalue weighted by molar-refractivity contribution is 6.31. The number of benzene rings is 2. The number of nitrogens with zero attached hydrogens (tertiary/aromatic N) is 1. The quantitative estimate of drug-likeness (QED) is 0.774. The Morgan fingerprint density at radius 1 is 1.20 bits per heavy atom. The first-order valence-electron chi connectivity index (χ1n) is 5.84. The van der Waals surface area contributed by atoms with Gasteiger partial charge in [0.1, 0.15) is 11.5 Å². The van der Waals surface area contributed by atoms with Crippen LogP contribution in [0.3, 0.4) is 0 Å². The third-order valence-corrected chi connectivity index (χ3v) is 3.27. The van der Waals surface area contributed by atoms with E-state index in [9.17, 15) is 15.0 Å². The number of rotatable bonds is 0. The number of anilines is 1. The maximum atomic E-state index is 11.4. The molecule has 102 valence electrons. The van der Waals surface area contributed by atoms with Gasteiger partial charge in [-0.3, -0.25) is 4.90 Å². The first kappa shape index (κ1) is 12.6. The molecule has 0 spiro atoms. The molecule has 3 rings (SSSR count). The maximum absolute atomic E-state index is 11.4. The van der Waals surface area contributed by atoms with Gasteiger partial charge < -0.3 is 14.9 Å². The largest absolute Gasteiger partial charge is 0.508 e. The van der Waals surface area contributed by atoms with Gasteiger partial charge in [-0.1, -0.05) is 11.6 Å². The lowest BCUT2D eigenvalue weighted by molar-refractivity contribution is 0.201. The molecule has 2 N–H and O–H groups in total. The summed E-state index contributed by atoms with van der Waals surface area (Å²) in [7, 11) is 0. The number of phenols is 1. The van der Waals surface area contributed by atoms with Crippen LogP contribution < -0.4 is 9.64 Å². The predicted molar refractivity (Wildman–Crippen MR) is 73.8 cm³/mol. The molecule has 2 aromatic carbocycles. The number of amides is 1. The van der Waals surface area contributed by atoms with Gasteiger partial charge in [-0.15, -0.1) is 0 Å². The minimum absolute atomic E-state index is 0.0571. The van der Waals surface area contributed by atoms with Gasteiger partial charge in [0.25, 0.3) is 0 Å². The van der Waals surface area contributed by atoms with E-state index in [4.69, 9.17) is 16.3 Å². The molecule has 0 aliphatic carbocycles. The van der Waals surface area contributed by atoms with Crippen LogP contribution in [0.15, 0.2) is 36.4 Å². The molecule has 1 amide bonds. The second-order valence-corrected chi connectivity index (χ2v) is 4.81. The molecule has 1 aliphatic heterocycles. The van der Waals surface area contributed by atoms with Crippen LogP contribution in [0.5, 0.6) is 17.2 Å². The lowest BCUT2D eigenvalue weighted by Crippen LogP contribution is -2.27. The topological polar surface area (TPSA) is 70.0 Å². The molecule has 0 saturated carbocycles. The average Bonchev–Trinajstić information content (AvgIpc) is 2.55. The molecule has 0 bridgehead atoms. The van der Waals surface area contributed by atoms with Crippen LogP contribution in [0.1, 0.15) is 5.56 Å². The third-order valence-electron chi connectivity index (χ3n) is 3.04. The first-order valence-corrected chi connectivity index (χ1v) is 6.22. The number of fused-ring (bicyclic) bond motifs is 2. The standard InChI is InChI=1S/C14H10ClNO4/c15-9-1-3-13-11(6-9)16(14(18)19)7-8-5-10(17)2-4-12(8)20-13/h1-6,17H,7H2,(H,18,19). The van der Waals surface area contributed by atoms with Crippen molar-refractivity contribution < 1.29 is 19.7 Å². The Bertz CT molecular complexity index is 702. The lowest BCUT2D eigenvalue weighted by atomic mass is 10.2. The predicted octanol–water partition coefficient (Wildman–Crippen LogP) is 3.84. The normalized spacial score (nSPS) is 12.9. The molecule has 2 aromatic rings. The molecule has 0 radical (unpaired) electrons. The van der Waals surface area contributed by atoms with Gasteiger partial charge in [0.2, 0.25) is 0 Å². The molecule has 1 aliphatic rings. The Labute approximate surface area is 119 Å². The molecule has 1 heterocycles. The van der Waals surface area contributed by atoms with Crippen molar-refractivity contribution in [1.82, 2.24) is 0 Å². The van der Waals surface area contributed by atoms with Crippen molar-refractivity contribution in [2.75, 3.05) is 4.90 Å². The van der Waals surface area contributed by atoms with E-state index >= 15 is 0 Å². The molecule has 0 aromatic heterocycles. The van der Waals surface area contributed by atoms with E-state index in [0.717, 1.165) is 4.90 Å². The summed E-state index contributed by atoms with van der Waals surface area (Å²) in [6.45, 7) is 0.0758. The van der Waals surface area contributed by atoms with Crippen molar-refractivity contribution >= 4 is 23.4 Å². The number of aromatic hydroxyl groups is 1. The van der Waals surface area contributed by atoms with Crippen LogP contribution in [0.25, 0.3) is 0 Å². The van der Waals surface area contributed by atoms with Crippen LogP contribution in [0.2, 0.25) is 5.02 Å². The fraction of sp³-hybridized carbons (Fsp3) is 0.0714.